The predicted octanol–water partition coefficient (Wildman–Crippen LogP) is 2.60. The third kappa shape index (κ3) is 6.52. The van der Waals surface area contributed by atoms with Crippen LogP contribution < -0.4 is 16.8 Å². The van der Waals surface area contributed by atoms with E-state index in [0.29, 0.717) is 25.6 Å². The fourth-order valence-corrected chi connectivity index (χ4v) is 2.83. The highest BCUT2D eigenvalue weighted by Crippen LogP contribution is 2.22. The number of benzene rings is 1. The van der Waals surface area contributed by atoms with Crippen LogP contribution in [0.4, 0.5) is 5.82 Å². The molecule has 2 aromatic heterocycles. The fraction of sp³-hybridized carbons (Fsp3) is 0.273. The Morgan fingerprint density at radius 3 is 2.83 bits per heavy atom. The van der Waals surface area contributed by atoms with Gasteiger partial charge in [0.05, 0.1) is 24.4 Å². The molecule has 0 saturated carbocycles. The molecule has 0 fully saturated rings. The highest BCUT2D eigenvalue weighted by molar-refractivity contribution is 5.90. The van der Waals surface area contributed by atoms with Gasteiger partial charge in [-0.05, 0) is 49.8 Å². The Morgan fingerprint density at radius 1 is 1.13 bits per heavy atom. The van der Waals surface area contributed by atoms with Gasteiger partial charge in [0, 0.05) is 24.7 Å². The normalized spacial score (nSPS) is 11.1. The van der Waals surface area contributed by atoms with Gasteiger partial charge < -0.3 is 21.5 Å². The molecule has 0 spiro atoms. The van der Waals surface area contributed by atoms with Crippen LogP contribution in [0.25, 0.3) is 23.1 Å². The second-order valence-electron chi connectivity index (χ2n) is 6.74. The first kappa shape index (κ1) is 21.2. The molecule has 0 amide bonds. The first-order valence-corrected chi connectivity index (χ1v) is 9.86. The molecule has 0 aliphatic carbocycles. The summed E-state index contributed by atoms with van der Waals surface area (Å²) in [5.41, 5.74) is 13.5. The Balaban J connectivity index is 1.65. The topological polar surface area (TPSA) is 124 Å². The van der Waals surface area contributed by atoms with Crippen LogP contribution in [-0.4, -0.2) is 47.2 Å². The minimum Gasteiger partial charge on any atom is -0.379 e. The summed E-state index contributed by atoms with van der Waals surface area (Å²) in [6.07, 6.45) is 6.37. The number of pyridine rings is 1. The van der Waals surface area contributed by atoms with Gasteiger partial charge in [0.2, 0.25) is 0 Å². The van der Waals surface area contributed by atoms with E-state index in [1.54, 1.807) is 6.20 Å². The van der Waals surface area contributed by atoms with Crippen molar-refractivity contribution in [1.82, 2.24) is 15.0 Å². The number of rotatable bonds is 10. The Kier molecular flexibility index (Phi) is 7.68. The maximum absolute atomic E-state index is 5.53. The largest absolute Gasteiger partial charge is 0.379 e. The lowest BCUT2D eigenvalue weighted by Gasteiger charge is -2.10. The molecule has 5 N–H and O–H groups in total. The highest BCUT2D eigenvalue weighted by atomic mass is 16.5. The zero-order chi connectivity index (χ0) is 21.2. The van der Waals surface area contributed by atoms with Gasteiger partial charge in [-0.2, -0.15) is 0 Å². The van der Waals surface area contributed by atoms with E-state index in [1.165, 1.54) is 0 Å². The minimum absolute atomic E-state index is 0.0825. The summed E-state index contributed by atoms with van der Waals surface area (Å²) in [5.74, 6) is 1.52. The molecule has 8 nitrogen and oxygen atoms in total. The van der Waals surface area contributed by atoms with Crippen molar-refractivity contribution in [2.45, 2.75) is 13.3 Å². The van der Waals surface area contributed by atoms with E-state index in [9.17, 15) is 0 Å². The maximum Gasteiger partial charge on any atom is 0.185 e. The van der Waals surface area contributed by atoms with Crippen molar-refractivity contribution >= 4 is 34.8 Å². The van der Waals surface area contributed by atoms with Gasteiger partial charge in [0.15, 0.2) is 11.8 Å². The number of fused-ring (bicyclic) bond motifs is 1. The summed E-state index contributed by atoms with van der Waals surface area (Å²) >= 11 is 0. The first-order chi connectivity index (χ1) is 14.6. The van der Waals surface area contributed by atoms with E-state index in [2.05, 4.69) is 39.3 Å². The second-order valence-corrected chi connectivity index (χ2v) is 6.74. The predicted molar refractivity (Wildman–Crippen MR) is 122 cm³/mol. The molecular formula is C22H27N7O. The molecule has 2 heterocycles. The molecule has 1 aromatic carbocycles. The number of nitrogens with two attached hydrogens (primary N) is 2. The molecule has 0 aliphatic rings. The van der Waals surface area contributed by atoms with Gasteiger partial charge in [-0.1, -0.05) is 17.7 Å². The van der Waals surface area contributed by atoms with Crippen LogP contribution in [0.3, 0.4) is 0 Å². The number of ether oxygens (including phenoxy) is 1. The van der Waals surface area contributed by atoms with Gasteiger partial charge in [-0.15, -0.1) is 0 Å². The third-order valence-electron chi connectivity index (χ3n) is 4.25. The molecule has 0 atom stereocenters. The smallest absolute Gasteiger partial charge is 0.185 e. The average Bonchev–Trinajstić information content (AvgIpc) is 2.75. The molecular weight excluding hydrogens is 378 g/mol. The van der Waals surface area contributed by atoms with E-state index in [0.717, 1.165) is 40.9 Å². The van der Waals surface area contributed by atoms with Crippen molar-refractivity contribution < 1.29 is 4.74 Å². The second kappa shape index (κ2) is 10.9. The lowest BCUT2D eigenvalue weighted by molar-refractivity contribution is 0.141. The van der Waals surface area contributed by atoms with Crippen LogP contribution in [0, 0.1) is 6.92 Å². The minimum atomic E-state index is 0.0825. The van der Waals surface area contributed by atoms with E-state index in [-0.39, 0.29) is 5.96 Å². The summed E-state index contributed by atoms with van der Waals surface area (Å²) in [7, 11) is 0. The molecule has 0 bridgehead atoms. The molecule has 3 aromatic rings. The number of aliphatic imine (C=N–C) groups is 1. The van der Waals surface area contributed by atoms with Crippen LogP contribution in [0.5, 0.6) is 0 Å². The van der Waals surface area contributed by atoms with Gasteiger partial charge in [0.1, 0.15) is 5.82 Å². The fourth-order valence-electron chi connectivity index (χ4n) is 2.83. The molecule has 30 heavy (non-hydrogen) atoms. The van der Waals surface area contributed by atoms with Crippen LogP contribution in [-0.2, 0) is 4.74 Å². The Labute approximate surface area is 176 Å². The molecule has 8 heteroatoms. The third-order valence-corrected chi connectivity index (χ3v) is 4.25. The standard InChI is InChI=1S/C22H27N7O/c1-16-6-8-19-18(15-16)21(26-11-4-13-30-14-12-27-22(23)24)29-20(28-19)9-7-17-5-2-3-10-25-17/h2-3,5-10,15H,4,11-14H2,1H3,(H4,23,24,27)(H,26,28,29). The number of guanidine groups is 1. The summed E-state index contributed by atoms with van der Waals surface area (Å²) in [4.78, 5) is 17.5. The number of nitrogens with one attached hydrogen (secondary N) is 1. The lowest BCUT2D eigenvalue weighted by Crippen LogP contribution is -2.23. The number of hydrogen-bond donors (Lipinski definition) is 3. The van der Waals surface area contributed by atoms with E-state index >= 15 is 0 Å². The van der Waals surface area contributed by atoms with Gasteiger partial charge in [-0.3, -0.25) is 9.98 Å². The SMILES string of the molecule is Cc1ccc2nc(C=Cc3ccccn3)nc(NCCCOCCN=C(N)N)c2c1. The van der Waals surface area contributed by atoms with Crippen LogP contribution in [0.15, 0.2) is 47.6 Å². The molecule has 0 saturated heterocycles. The molecule has 0 unspecified atom stereocenters. The number of aryl methyl sites for hydroxylation is 1. The first-order valence-electron chi connectivity index (χ1n) is 9.86. The lowest BCUT2D eigenvalue weighted by atomic mass is 10.1. The van der Waals surface area contributed by atoms with Crippen molar-refractivity contribution in [2.24, 2.45) is 16.5 Å². The number of nitrogens with zero attached hydrogens (tertiary/aromatic N) is 4. The van der Waals surface area contributed by atoms with Crippen molar-refractivity contribution in [2.75, 3.05) is 31.6 Å². The van der Waals surface area contributed by atoms with E-state index in [1.807, 2.05) is 36.4 Å². The number of anilines is 1. The monoisotopic (exact) mass is 405 g/mol. The highest BCUT2D eigenvalue weighted by Gasteiger charge is 2.07. The van der Waals surface area contributed by atoms with Crippen molar-refractivity contribution in [3.63, 3.8) is 0 Å². The number of aromatic nitrogens is 3. The van der Waals surface area contributed by atoms with E-state index in [4.69, 9.17) is 21.2 Å². The molecule has 3 rings (SSSR count). The molecule has 0 aliphatic heterocycles. The summed E-state index contributed by atoms with van der Waals surface area (Å²) in [6.45, 7) is 4.36. The van der Waals surface area contributed by atoms with Crippen LogP contribution in [0.2, 0.25) is 0 Å². The zero-order valence-electron chi connectivity index (χ0n) is 17.1. The quantitative estimate of drug-likeness (QED) is 0.269. The molecule has 156 valence electrons. The maximum atomic E-state index is 5.53. The Bertz CT molecular complexity index is 1010. The van der Waals surface area contributed by atoms with Gasteiger partial charge in [-0.25, -0.2) is 9.97 Å². The van der Waals surface area contributed by atoms with Crippen LogP contribution >= 0.6 is 0 Å². The van der Waals surface area contributed by atoms with Gasteiger partial charge in [0.25, 0.3) is 0 Å². The summed E-state index contributed by atoms with van der Waals surface area (Å²) in [5, 5.41) is 4.41. The van der Waals surface area contributed by atoms with Crippen LogP contribution in [0.1, 0.15) is 23.5 Å². The molecule has 0 radical (unpaired) electrons. The Morgan fingerprint density at radius 2 is 2.03 bits per heavy atom. The summed E-state index contributed by atoms with van der Waals surface area (Å²) in [6, 6.07) is 11.9. The Hall–Kier alpha value is -3.52. The van der Waals surface area contributed by atoms with Crippen molar-refractivity contribution in [3.05, 3.63) is 59.7 Å². The zero-order valence-corrected chi connectivity index (χ0v) is 17.1. The number of hydrogen-bond acceptors (Lipinski definition) is 6. The van der Waals surface area contributed by atoms with Gasteiger partial charge >= 0.3 is 0 Å². The average molecular weight is 406 g/mol. The van der Waals surface area contributed by atoms with Crippen molar-refractivity contribution in [1.29, 1.82) is 0 Å². The van der Waals surface area contributed by atoms with Crippen molar-refractivity contribution in [3.8, 4) is 0 Å². The van der Waals surface area contributed by atoms with E-state index < -0.39 is 0 Å². The summed E-state index contributed by atoms with van der Waals surface area (Å²) < 4.78 is 5.53.